The molecule has 2 aromatic rings. The Morgan fingerprint density at radius 3 is 2.33 bits per heavy atom. The van der Waals surface area contributed by atoms with Crippen molar-refractivity contribution < 1.29 is 19.0 Å². The highest BCUT2D eigenvalue weighted by molar-refractivity contribution is 5.78. The molecule has 0 aliphatic carbocycles. The van der Waals surface area contributed by atoms with Crippen LogP contribution in [0, 0.1) is 0 Å². The SMILES string of the molecule is COc1cccc(N2CCN(CC(=O)N(C)Cc3ccc(OC)c(OC)c3)CC2)c1. The quantitative estimate of drug-likeness (QED) is 0.663. The lowest BCUT2D eigenvalue weighted by atomic mass is 10.2. The van der Waals surface area contributed by atoms with Crippen molar-refractivity contribution in [3.05, 3.63) is 48.0 Å². The van der Waals surface area contributed by atoms with Gasteiger partial charge in [-0.2, -0.15) is 0 Å². The molecule has 7 nitrogen and oxygen atoms in total. The molecule has 2 aromatic carbocycles. The van der Waals surface area contributed by atoms with Crippen molar-refractivity contribution in [1.29, 1.82) is 0 Å². The van der Waals surface area contributed by atoms with E-state index < -0.39 is 0 Å². The zero-order valence-electron chi connectivity index (χ0n) is 18.3. The Balaban J connectivity index is 1.50. The predicted molar refractivity (Wildman–Crippen MR) is 118 cm³/mol. The van der Waals surface area contributed by atoms with E-state index in [1.807, 2.05) is 37.4 Å². The van der Waals surface area contributed by atoms with E-state index in [1.54, 1.807) is 26.2 Å². The first-order valence-corrected chi connectivity index (χ1v) is 10.1. The van der Waals surface area contributed by atoms with Gasteiger partial charge in [0.15, 0.2) is 11.5 Å². The second-order valence-electron chi connectivity index (χ2n) is 7.40. The zero-order valence-corrected chi connectivity index (χ0v) is 18.3. The van der Waals surface area contributed by atoms with Gasteiger partial charge in [0.25, 0.3) is 0 Å². The maximum absolute atomic E-state index is 12.7. The minimum atomic E-state index is 0.111. The number of carbonyl (C=O) groups excluding carboxylic acids is 1. The van der Waals surface area contributed by atoms with E-state index in [9.17, 15) is 4.79 Å². The van der Waals surface area contributed by atoms with E-state index in [0.29, 0.717) is 24.6 Å². The monoisotopic (exact) mass is 413 g/mol. The van der Waals surface area contributed by atoms with Gasteiger partial charge in [-0.25, -0.2) is 0 Å². The summed E-state index contributed by atoms with van der Waals surface area (Å²) in [7, 11) is 6.75. The number of rotatable bonds is 8. The minimum absolute atomic E-state index is 0.111. The first kappa shape index (κ1) is 21.8. The molecule has 0 N–H and O–H groups in total. The summed E-state index contributed by atoms with van der Waals surface area (Å²) in [6, 6.07) is 13.8. The van der Waals surface area contributed by atoms with Crippen molar-refractivity contribution in [2.24, 2.45) is 0 Å². The molecule has 1 heterocycles. The van der Waals surface area contributed by atoms with Crippen LogP contribution in [0.4, 0.5) is 5.69 Å². The fourth-order valence-corrected chi connectivity index (χ4v) is 3.62. The molecule has 1 aliphatic rings. The van der Waals surface area contributed by atoms with Gasteiger partial charge in [-0.05, 0) is 29.8 Å². The van der Waals surface area contributed by atoms with Crippen LogP contribution in [0.2, 0.25) is 0 Å². The average molecular weight is 414 g/mol. The summed E-state index contributed by atoms with van der Waals surface area (Å²) in [6.07, 6.45) is 0. The van der Waals surface area contributed by atoms with Crippen LogP contribution in [-0.4, -0.2) is 76.8 Å². The Morgan fingerprint density at radius 2 is 1.67 bits per heavy atom. The Bertz CT molecular complexity index is 850. The molecule has 0 saturated carbocycles. The smallest absolute Gasteiger partial charge is 0.236 e. The van der Waals surface area contributed by atoms with Gasteiger partial charge >= 0.3 is 0 Å². The first-order chi connectivity index (χ1) is 14.5. The number of likely N-dealkylation sites (N-methyl/N-ethyl adjacent to an activating group) is 1. The van der Waals surface area contributed by atoms with Gasteiger partial charge in [-0.1, -0.05) is 12.1 Å². The maximum Gasteiger partial charge on any atom is 0.236 e. The van der Waals surface area contributed by atoms with Crippen molar-refractivity contribution >= 4 is 11.6 Å². The lowest BCUT2D eigenvalue weighted by Gasteiger charge is -2.36. The number of benzene rings is 2. The number of piperazine rings is 1. The van der Waals surface area contributed by atoms with Gasteiger partial charge in [0.1, 0.15) is 5.75 Å². The van der Waals surface area contributed by atoms with E-state index >= 15 is 0 Å². The Morgan fingerprint density at radius 1 is 0.933 bits per heavy atom. The van der Waals surface area contributed by atoms with Crippen LogP contribution in [0.25, 0.3) is 0 Å². The molecule has 1 aliphatic heterocycles. The van der Waals surface area contributed by atoms with Gasteiger partial charge in [0, 0.05) is 51.5 Å². The Labute approximate surface area is 178 Å². The molecule has 162 valence electrons. The number of ether oxygens (including phenoxy) is 3. The molecule has 1 amide bonds. The molecule has 7 heteroatoms. The lowest BCUT2D eigenvalue weighted by Crippen LogP contribution is -2.49. The molecule has 0 radical (unpaired) electrons. The number of nitrogens with zero attached hydrogens (tertiary/aromatic N) is 3. The zero-order chi connectivity index (χ0) is 21.5. The molecule has 0 atom stereocenters. The molecular formula is C23H31N3O4. The summed E-state index contributed by atoms with van der Waals surface area (Å²) < 4.78 is 15.9. The number of methoxy groups -OCH3 is 3. The number of amides is 1. The average Bonchev–Trinajstić information content (AvgIpc) is 2.79. The Hall–Kier alpha value is -2.93. The molecule has 0 unspecified atom stereocenters. The highest BCUT2D eigenvalue weighted by Crippen LogP contribution is 2.28. The van der Waals surface area contributed by atoms with Crippen molar-refractivity contribution in [2.45, 2.75) is 6.54 Å². The molecule has 3 rings (SSSR count). The molecule has 1 fully saturated rings. The van der Waals surface area contributed by atoms with Gasteiger partial charge < -0.3 is 24.0 Å². The number of anilines is 1. The van der Waals surface area contributed by atoms with Gasteiger partial charge in [-0.15, -0.1) is 0 Å². The summed E-state index contributed by atoms with van der Waals surface area (Å²) in [5.74, 6) is 2.33. The van der Waals surface area contributed by atoms with E-state index in [1.165, 1.54) is 0 Å². The first-order valence-electron chi connectivity index (χ1n) is 10.1. The summed E-state index contributed by atoms with van der Waals surface area (Å²) >= 11 is 0. The normalized spacial score (nSPS) is 14.3. The van der Waals surface area contributed by atoms with Crippen LogP contribution in [-0.2, 0) is 11.3 Å². The third-order valence-corrected chi connectivity index (χ3v) is 5.44. The standard InChI is InChI=1S/C23H31N3O4/c1-24(16-18-8-9-21(29-3)22(14-18)30-4)23(27)17-25-10-12-26(13-11-25)19-6-5-7-20(15-19)28-2/h5-9,14-15H,10-13,16-17H2,1-4H3. The van der Waals surface area contributed by atoms with Crippen LogP contribution < -0.4 is 19.1 Å². The second kappa shape index (κ2) is 10.2. The molecule has 0 spiro atoms. The Kier molecular flexibility index (Phi) is 7.41. The third kappa shape index (κ3) is 5.36. The fraction of sp³-hybridized carbons (Fsp3) is 0.435. The largest absolute Gasteiger partial charge is 0.497 e. The number of carbonyl (C=O) groups is 1. The van der Waals surface area contributed by atoms with Crippen LogP contribution in [0.5, 0.6) is 17.2 Å². The van der Waals surface area contributed by atoms with Crippen molar-refractivity contribution in [3.8, 4) is 17.2 Å². The highest BCUT2D eigenvalue weighted by Gasteiger charge is 2.21. The van der Waals surface area contributed by atoms with Crippen molar-refractivity contribution in [1.82, 2.24) is 9.80 Å². The van der Waals surface area contributed by atoms with E-state index in [-0.39, 0.29) is 5.91 Å². The van der Waals surface area contributed by atoms with Crippen LogP contribution in [0.3, 0.4) is 0 Å². The summed E-state index contributed by atoms with van der Waals surface area (Å²) in [4.78, 5) is 19.0. The maximum atomic E-state index is 12.7. The van der Waals surface area contributed by atoms with Crippen molar-refractivity contribution in [2.75, 3.05) is 66.0 Å². The second-order valence-corrected chi connectivity index (χ2v) is 7.40. The lowest BCUT2D eigenvalue weighted by molar-refractivity contribution is -0.131. The van der Waals surface area contributed by atoms with Crippen LogP contribution in [0.1, 0.15) is 5.56 Å². The fourth-order valence-electron chi connectivity index (χ4n) is 3.62. The van der Waals surface area contributed by atoms with Crippen LogP contribution >= 0.6 is 0 Å². The molecule has 1 saturated heterocycles. The molecule has 0 aromatic heterocycles. The van der Waals surface area contributed by atoms with Crippen molar-refractivity contribution in [3.63, 3.8) is 0 Å². The van der Waals surface area contributed by atoms with E-state index in [0.717, 1.165) is 43.2 Å². The van der Waals surface area contributed by atoms with Gasteiger partial charge in [-0.3, -0.25) is 9.69 Å². The summed E-state index contributed by atoms with van der Waals surface area (Å²) in [6.45, 7) is 4.44. The summed E-state index contributed by atoms with van der Waals surface area (Å²) in [5.41, 5.74) is 2.16. The van der Waals surface area contributed by atoms with Gasteiger partial charge in [0.2, 0.25) is 5.91 Å². The minimum Gasteiger partial charge on any atom is -0.497 e. The predicted octanol–water partition coefficient (Wildman–Crippen LogP) is 2.49. The molecular weight excluding hydrogens is 382 g/mol. The topological polar surface area (TPSA) is 54.5 Å². The third-order valence-electron chi connectivity index (χ3n) is 5.44. The van der Waals surface area contributed by atoms with E-state index in [4.69, 9.17) is 14.2 Å². The molecule has 30 heavy (non-hydrogen) atoms. The number of hydrogen-bond acceptors (Lipinski definition) is 6. The highest BCUT2D eigenvalue weighted by atomic mass is 16.5. The molecule has 0 bridgehead atoms. The number of hydrogen-bond donors (Lipinski definition) is 0. The van der Waals surface area contributed by atoms with E-state index in [2.05, 4.69) is 21.9 Å². The van der Waals surface area contributed by atoms with Gasteiger partial charge in [0.05, 0.1) is 27.9 Å². The van der Waals surface area contributed by atoms with Crippen LogP contribution in [0.15, 0.2) is 42.5 Å². The summed E-state index contributed by atoms with van der Waals surface area (Å²) in [5, 5.41) is 0.